The largest absolute Gasteiger partial charge is 0.335 e. The van der Waals surface area contributed by atoms with E-state index in [9.17, 15) is 18.8 Å². The first kappa shape index (κ1) is 18.8. The molecule has 142 valence electrons. The van der Waals surface area contributed by atoms with Gasteiger partial charge in [-0.15, -0.1) is 0 Å². The number of nitrogens with one attached hydrogen (secondary N) is 1. The Kier molecular flexibility index (Phi) is 5.39. The molecule has 7 heteroatoms. The van der Waals surface area contributed by atoms with Crippen molar-refractivity contribution >= 4 is 11.8 Å². The van der Waals surface area contributed by atoms with Crippen LogP contribution in [0.2, 0.25) is 0 Å². The summed E-state index contributed by atoms with van der Waals surface area (Å²) in [5.41, 5.74) is 1.87. The van der Waals surface area contributed by atoms with Gasteiger partial charge in [-0.1, -0.05) is 6.92 Å². The molecule has 1 saturated heterocycles. The van der Waals surface area contributed by atoms with E-state index in [1.807, 2.05) is 13.8 Å². The lowest BCUT2D eigenvalue weighted by atomic mass is 10.1. The van der Waals surface area contributed by atoms with E-state index in [0.717, 1.165) is 11.3 Å². The molecule has 2 aromatic rings. The standard InChI is InChI=1S/C20H22FN3O3/c1-3-17-13(2)12-16(18(25)22-17)20(27)24-10-8-23(9-11-24)19(26)14-4-6-15(21)7-5-14/h4-7,12H,3,8-11H2,1-2H3,(H,22,25). The van der Waals surface area contributed by atoms with Crippen LogP contribution < -0.4 is 5.56 Å². The minimum atomic E-state index is -0.392. The number of aromatic amines is 1. The van der Waals surface area contributed by atoms with Crippen LogP contribution in [-0.4, -0.2) is 52.8 Å². The fourth-order valence-corrected chi connectivity index (χ4v) is 3.26. The van der Waals surface area contributed by atoms with Crippen molar-refractivity contribution in [2.75, 3.05) is 26.2 Å². The van der Waals surface area contributed by atoms with Gasteiger partial charge in [0.2, 0.25) is 0 Å². The summed E-state index contributed by atoms with van der Waals surface area (Å²) in [6.45, 7) is 5.24. The van der Waals surface area contributed by atoms with E-state index in [1.54, 1.807) is 15.9 Å². The molecule has 27 heavy (non-hydrogen) atoms. The number of aromatic nitrogens is 1. The highest BCUT2D eigenvalue weighted by Crippen LogP contribution is 2.13. The summed E-state index contributed by atoms with van der Waals surface area (Å²) in [6.07, 6.45) is 0.694. The van der Waals surface area contributed by atoms with Gasteiger partial charge >= 0.3 is 0 Å². The van der Waals surface area contributed by atoms with Crippen LogP contribution in [0.5, 0.6) is 0 Å². The van der Waals surface area contributed by atoms with Crippen molar-refractivity contribution in [1.29, 1.82) is 0 Å². The highest BCUT2D eigenvalue weighted by atomic mass is 19.1. The maximum atomic E-state index is 13.0. The van der Waals surface area contributed by atoms with Crippen LogP contribution >= 0.6 is 0 Å². The van der Waals surface area contributed by atoms with Gasteiger partial charge in [0.1, 0.15) is 11.4 Å². The molecule has 0 bridgehead atoms. The van der Waals surface area contributed by atoms with Gasteiger partial charge in [0.05, 0.1) is 0 Å². The summed E-state index contributed by atoms with van der Waals surface area (Å²) in [4.78, 5) is 43.4. The van der Waals surface area contributed by atoms with Gasteiger partial charge in [-0.3, -0.25) is 14.4 Å². The second kappa shape index (κ2) is 7.73. The van der Waals surface area contributed by atoms with Gasteiger partial charge in [-0.05, 0) is 49.2 Å². The molecule has 0 unspecified atom stereocenters. The zero-order valence-corrected chi connectivity index (χ0v) is 15.4. The van der Waals surface area contributed by atoms with Crippen molar-refractivity contribution in [3.63, 3.8) is 0 Å². The Labute approximate surface area is 156 Å². The van der Waals surface area contributed by atoms with Gasteiger partial charge in [0.15, 0.2) is 0 Å². The van der Waals surface area contributed by atoms with Crippen molar-refractivity contribution in [3.05, 3.63) is 68.9 Å². The molecule has 1 fully saturated rings. The number of hydrogen-bond donors (Lipinski definition) is 1. The minimum absolute atomic E-state index is 0.128. The molecule has 6 nitrogen and oxygen atoms in total. The lowest BCUT2D eigenvalue weighted by Crippen LogP contribution is -2.51. The Hall–Kier alpha value is -2.96. The molecule has 0 atom stereocenters. The highest BCUT2D eigenvalue weighted by molar-refractivity contribution is 5.96. The van der Waals surface area contributed by atoms with Crippen LogP contribution in [0.3, 0.4) is 0 Å². The van der Waals surface area contributed by atoms with Crippen LogP contribution in [0, 0.1) is 12.7 Å². The lowest BCUT2D eigenvalue weighted by Gasteiger charge is -2.34. The molecule has 1 N–H and O–H groups in total. The number of H-pyrrole nitrogens is 1. The van der Waals surface area contributed by atoms with E-state index in [2.05, 4.69) is 4.98 Å². The Balaban J connectivity index is 1.68. The zero-order chi connectivity index (χ0) is 19.6. The predicted octanol–water partition coefficient (Wildman–Crippen LogP) is 1.98. The molecule has 2 heterocycles. The Bertz CT molecular complexity index is 913. The Morgan fingerprint density at radius 1 is 1.04 bits per heavy atom. The number of halogens is 1. The molecule has 0 saturated carbocycles. The fourth-order valence-electron chi connectivity index (χ4n) is 3.26. The lowest BCUT2D eigenvalue weighted by molar-refractivity contribution is 0.0534. The number of nitrogens with zero attached hydrogens (tertiary/aromatic N) is 2. The second-order valence-corrected chi connectivity index (χ2v) is 6.62. The van der Waals surface area contributed by atoms with Crippen LogP contribution in [0.15, 0.2) is 35.1 Å². The number of amides is 2. The number of benzene rings is 1. The molecular weight excluding hydrogens is 349 g/mol. The highest BCUT2D eigenvalue weighted by Gasteiger charge is 2.27. The summed E-state index contributed by atoms with van der Waals surface area (Å²) in [5, 5.41) is 0. The monoisotopic (exact) mass is 371 g/mol. The molecule has 0 spiro atoms. The zero-order valence-electron chi connectivity index (χ0n) is 15.4. The fraction of sp³-hybridized carbons (Fsp3) is 0.350. The van der Waals surface area contributed by atoms with E-state index < -0.39 is 5.82 Å². The van der Waals surface area contributed by atoms with Gasteiger partial charge in [-0.2, -0.15) is 0 Å². The maximum absolute atomic E-state index is 13.0. The first-order valence-electron chi connectivity index (χ1n) is 8.97. The number of carbonyl (C=O) groups is 2. The third kappa shape index (κ3) is 3.92. The summed E-state index contributed by atoms with van der Waals surface area (Å²) < 4.78 is 13.0. The van der Waals surface area contributed by atoms with Crippen molar-refractivity contribution < 1.29 is 14.0 Å². The molecule has 0 aliphatic carbocycles. The average molecular weight is 371 g/mol. The van der Waals surface area contributed by atoms with Crippen LogP contribution in [0.1, 0.15) is 38.9 Å². The predicted molar refractivity (Wildman–Crippen MR) is 99.4 cm³/mol. The first-order valence-corrected chi connectivity index (χ1v) is 8.97. The van der Waals surface area contributed by atoms with Crippen molar-refractivity contribution in [2.24, 2.45) is 0 Å². The van der Waals surface area contributed by atoms with Crippen molar-refractivity contribution in [1.82, 2.24) is 14.8 Å². The summed E-state index contributed by atoms with van der Waals surface area (Å²) in [6, 6.07) is 7.04. The topological polar surface area (TPSA) is 73.5 Å². The van der Waals surface area contributed by atoms with Crippen LogP contribution in [0.25, 0.3) is 0 Å². The van der Waals surface area contributed by atoms with E-state index >= 15 is 0 Å². The number of aryl methyl sites for hydroxylation is 2. The number of hydrogen-bond acceptors (Lipinski definition) is 3. The van der Waals surface area contributed by atoms with Gasteiger partial charge in [0, 0.05) is 37.4 Å². The van der Waals surface area contributed by atoms with Crippen molar-refractivity contribution in [3.8, 4) is 0 Å². The molecular formula is C20H22FN3O3. The normalized spacial score (nSPS) is 14.3. The average Bonchev–Trinajstić information content (AvgIpc) is 2.69. The maximum Gasteiger partial charge on any atom is 0.261 e. The molecule has 0 radical (unpaired) electrons. The van der Waals surface area contributed by atoms with Gasteiger partial charge < -0.3 is 14.8 Å². The molecule has 1 aliphatic heterocycles. The summed E-state index contributed by atoms with van der Waals surface area (Å²) in [5.74, 6) is -0.907. The van der Waals surface area contributed by atoms with E-state index in [4.69, 9.17) is 0 Å². The molecule has 1 aromatic carbocycles. The molecule has 3 rings (SSSR count). The number of pyridine rings is 1. The molecule has 1 aromatic heterocycles. The number of piperazine rings is 1. The Morgan fingerprint density at radius 3 is 2.15 bits per heavy atom. The minimum Gasteiger partial charge on any atom is -0.335 e. The quantitative estimate of drug-likeness (QED) is 0.897. The third-order valence-corrected chi connectivity index (χ3v) is 4.88. The van der Waals surface area contributed by atoms with E-state index in [0.29, 0.717) is 38.2 Å². The number of carbonyl (C=O) groups excluding carboxylic acids is 2. The summed E-state index contributed by atoms with van der Waals surface area (Å²) >= 11 is 0. The van der Waals surface area contributed by atoms with Crippen LogP contribution in [-0.2, 0) is 6.42 Å². The van der Waals surface area contributed by atoms with Gasteiger partial charge in [-0.25, -0.2) is 4.39 Å². The van der Waals surface area contributed by atoms with Gasteiger partial charge in [0.25, 0.3) is 17.4 Å². The molecule has 2 amide bonds. The second-order valence-electron chi connectivity index (χ2n) is 6.62. The number of rotatable bonds is 3. The van der Waals surface area contributed by atoms with E-state index in [1.165, 1.54) is 24.3 Å². The summed E-state index contributed by atoms with van der Waals surface area (Å²) in [7, 11) is 0. The van der Waals surface area contributed by atoms with Crippen molar-refractivity contribution in [2.45, 2.75) is 20.3 Å². The van der Waals surface area contributed by atoms with E-state index in [-0.39, 0.29) is 22.9 Å². The first-order chi connectivity index (χ1) is 12.9. The SMILES string of the molecule is CCc1[nH]c(=O)c(C(=O)N2CCN(C(=O)c3ccc(F)cc3)CC2)cc1C. The Morgan fingerprint density at radius 2 is 1.59 bits per heavy atom. The van der Waals surface area contributed by atoms with Crippen LogP contribution in [0.4, 0.5) is 4.39 Å². The smallest absolute Gasteiger partial charge is 0.261 e. The third-order valence-electron chi connectivity index (χ3n) is 4.88. The molecule has 1 aliphatic rings.